The lowest BCUT2D eigenvalue weighted by Crippen LogP contribution is -2.65. The van der Waals surface area contributed by atoms with Crippen LogP contribution in [0, 0.1) is 0 Å². The minimum Gasteiger partial charge on any atom is -0.462 e. The van der Waals surface area contributed by atoms with E-state index in [2.05, 4.69) is 16.0 Å². The van der Waals surface area contributed by atoms with Crippen molar-refractivity contribution in [1.29, 1.82) is 0 Å². The van der Waals surface area contributed by atoms with E-state index in [9.17, 15) is 63.1 Å². The molecule has 1 aliphatic rings. The quantitative estimate of drug-likeness (QED) is 0.0216. The van der Waals surface area contributed by atoms with E-state index in [-0.39, 0.29) is 12.8 Å². The van der Waals surface area contributed by atoms with E-state index < -0.39 is 91.3 Å². The van der Waals surface area contributed by atoms with Gasteiger partial charge in [0.25, 0.3) is 0 Å². The second-order valence-corrected chi connectivity index (χ2v) is 19.2. The molecule has 0 aromatic rings. The van der Waals surface area contributed by atoms with Crippen molar-refractivity contribution >= 4 is 35.4 Å². The molecular weight excluding hydrogens is 855 g/mol. The van der Waals surface area contributed by atoms with Crippen molar-refractivity contribution in [2.24, 2.45) is 5.73 Å². The molecule has 0 aliphatic heterocycles. The molecule has 60 heavy (non-hydrogen) atoms. The molecule has 0 aromatic heterocycles. The molecule has 0 amide bonds. The molecule has 10 N–H and O–H groups in total. The summed E-state index contributed by atoms with van der Waals surface area (Å²) in [5.41, 5.74) is 5.52. The molecule has 0 radical (unpaired) electrons. The molecule has 0 spiro atoms. The summed E-state index contributed by atoms with van der Waals surface area (Å²) in [7, 11) is -16.6. The predicted molar refractivity (Wildman–Crippen MR) is 219 cm³/mol. The third-order valence-electron chi connectivity index (χ3n) is 10.0. The van der Waals surface area contributed by atoms with Crippen LogP contribution in [0.15, 0.2) is 0 Å². The highest BCUT2D eigenvalue weighted by Crippen LogP contribution is 2.51. The highest BCUT2D eigenvalue weighted by molar-refractivity contribution is 7.47. The average molecular weight is 930 g/mol. The first-order valence-electron chi connectivity index (χ1n) is 21.5. The van der Waals surface area contributed by atoms with Crippen molar-refractivity contribution in [3.63, 3.8) is 0 Å². The number of rotatable bonds is 37. The molecule has 8 atom stereocenters. The van der Waals surface area contributed by atoms with Crippen LogP contribution in [0.25, 0.3) is 0 Å². The zero-order valence-electron chi connectivity index (χ0n) is 35.1. The fourth-order valence-electron chi connectivity index (χ4n) is 6.77. The molecule has 1 fully saturated rings. The van der Waals surface area contributed by atoms with Gasteiger partial charge in [0.05, 0.1) is 6.61 Å². The largest absolute Gasteiger partial charge is 0.472 e. The third-order valence-corrected chi connectivity index (χ3v) is 12.0. The van der Waals surface area contributed by atoms with Gasteiger partial charge in [0, 0.05) is 12.8 Å². The van der Waals surface area contributed by atoms with Crippen LogP contribution in [0.1, 0.15) is 161 Å². The lowest BCUT2D eigenvalue weighted by atomic mass is 9.85. The van der Waals surface area contributed by atoms with E-state index in [1.807, 2.05) is 0 Å². The zero-order valence-corrected chi connectivity index (χ0v) is 37.8. The number of phosphoric acid groups is 3. The topological polar surface area (TPSA) is 329 Å². The first-order chi connectivity index (χ1) is 28.3. The van der Waals surface area contributed by atoms with Gasteiger partial charge in [-0.05, 0) is 25.8 Å². The number of hydrogen-bond donors (Lipinski definition) is 9. The minimum atomic E-state index is -5.59. The summed E-state index contributed by atoms with van der Waals surface area (Å²) in [4.78, 5) is 72.8. The number of phosphoric ester groups is 3. The van der Waals surface area contributed by atoms with Crippen LogP contribution in [0.3, 0.4) is 0 Å². The first kappa shape index (κ1) is 57.1. The Labute approximate surface area is 354 Å². The van der Waals surface area contributed by atoms with Gasteiger partial charge < -0.3 is 55.0 Å². The summed E-state index contributed by atoms with van der Waals surface area (Å²) in [6.45, 7) is 1.41. The van der Waals surface area contributed by atoms with Crippen LogP contribution in [0.4, 0.5) is 0 Å². The molecule has 1 rings (SSSR count). The summed E-state index contributed by atoms with van der Waals surface area (Å²) in [6, 6.07) is 0. The van der Waals surface area contributed by atoms with Crippen LogP contribution < -0.4 is 5.73 Å². The smallest absolute Gasteiger partial charge is 0.462 e. The second kappa shape index (κ2) is 31.9. The van der Waals surface area contributed by atoms with Gasteiger partial charge >= 0.3 is 35.4 Å². The normalized spacial score (nSPS) is 22.6. The van der Waals surface area contributed by atoms with Gasteiger partial charge in [0.1, 0.15) is 43.2 Å². The lowest BCUT2D eigenvalue weighted by Gasteiger charge is -2.44. The zero-order chi connectivity index (χ0) is 45.0. The number of unbranched alkanes of at least 4 members (excludes halogenated alkanes) is 20. The Hall–Kier alpha value is -0.890. The molecular formula is C37H74NO19P3. The van der Waals surface area contributed by atoms with Gasteiger partial charge in [0.2, 0.25) is 0 Å². The van der Waals surface area contributed by atoms with Gasteiger partial charge in [-0.1, -0.05) is 129 Å². The average Bonchev–Trinajstić information content (AvgIpc) is 3.16. The number of carbonyl (C=O) groups excluding carboxylic acids is 2. The predicted octanol–water partition coefficient (Wildman–Crippen LogP) is 5.34. The molecule has 356 valence electrons. The Kier molecular flexibility index (Phi) is 30.3. The van der Waals surface area contributed by atoms with E-state index in [0.717, 1.165) is 83.5 Å². The van der Waals surface area contributed by atoms with E-state index in [0.29, 0.717) is 19.4 Å². The maximum Gasteiger partial charge on any atom is 0.472 e. The molecule has 0 aromatic carbocycles. The van der Waals surface area contributed by atoms with Crippen molar-refractivity contribution in [1.82, 2.24) is 0 Å². The van der Waals surface area contributed by atoms with Gasteiger partial charge in [-0.25, -0.2) is 13.7 Å². The Morgan fingerprint density at radius 2 is 0.900 bits per heavy atom. The molecule has 4 unspecified atom stereocenters. The summed E-state index contributed by atoms with van der Waals surface area (Å²) < 4.78 is 65.2. The van der Waals surface area contributed by atoms with Gasteiger partial charge in [-0.3, -0.25) is 27.7 Å². The minimum absolute atomic E-state index is 0.000330. The summed E-state index contributed by atoms with van der Waals surface area (Å²) in [5, 5.41) is 31.7. The highest BCUT2D eigenvalue weighted by atomic mass is 31.2. The van der Waals surface area contributed by atoms with Crippen molar-refractivity contribution in [3.8, 4) is 0 Å². The van der Waals surface area contributed by atoms with Gasteiger partial charge in [0.15, 0.2) is 6.10 Å². The van der Waals surface area contributed by atoms with Gasteiger partial charge in [-0.15, -0.1) is 0 Å². The van der Waals surface area contributed by atoms with E-state index in [1.54, 1.807) is 0 Å². The van der Waals surface area contributed by atoms with Crippen LogP contribution in [0.2, 0.25) is 0 Å². The second-order valence-electron chi connectivity index (χ2n) is 15.4. The van der Waals surface area contributed by atoms with Crippen molar-refractivity contribution in [2.75, 3.05) is 19.8 Å². The SMILES string of the molecule is CCCCCCCCCCCCCCCC(=O)O[C@H](COC(=O)CCCCCCCCCCCN)COP(=O)(O)OC1C(O)[C@H](OP(=O)(O)O)C(OP(=O)(O)O)[C@H](O)[C@@H]1O. The molecule has 23 heteroatoms. The number of esters is 2. The van der Waals surface area contributed by atoms with Gasteiger partial charge in [-0.2, -0.15) is 0 Å². The van der Waals surface area contributed by atoms with E-state index >= 15 is 0 Å². The Morgan fingerprint density at radius 3 is 1.33 bits per heavy atom. The Morgan fingerprint density at radius 1 is 0.517 bits per heavy atom. The maximum atomic E-state index is 13.0. The standard InChI is InChI=1S/C37H74NO19P3/c1-2-3-4-5-6-7-8-9-10-12-16-19-22-25-31(40)54-29(27-52-30(39)24-21-18-15-13-11-14-17-20-23-26-38)28-53-60(50,51)57-35-32(41)33(42)36(55-58(44,45)46)37(34(35)43)56-59(47,48)49/h29,32-37,41-43H,2-28,38H2,1H3,(H,50,51)(H2,44,45,46)(H2,47,48,49)/t29-,32+,33-,34?,35?,36?,37+/m1/s1. The van der Waals surface area contributed by atoms with Crippen LogP contribution in [0.5, 0.6) is 0 Å². The lowest BCUT2D eigenvalue weighted by molar-refractivity contribution is -0.213. The first-order valence-corrected chi connectivity index (χ1v) is 26.1. The number of aliphatic hydroxyl groups is 3. The van der Waals surface area contributed by atoms with E-state index in [1.165, 1.54) is 44.9 Å². The van der Waals surface area contributed by atoms with Crippen LogP contribution in [-0.4, -0.2) is 114 Å². The molecule has 1 saturated carbocycles. The number of nitrogens with two attached hydrogens (primary N) is 1. The number of carbonyl (C=O) groups is 2. The molecule has 0 bridgehead atoms. The fourth-order valence-corrected chi connectivity index (χ4v) is 8.87. The van der Waals surface area contributed by atoms with Crippen molar-refractivity contribution in [3.05, 3.63) is 0 Å². The number of hydrogen-bond acceptors (Lipinski definition) is 15. The Balaban J connectivity index is 2.79. The van der Waals surface area contributed by atoms with Crippen molar-refractivity contribution in [2.45, 2.75) is 204 Å². The molecule has 20 nitrogen and oxygen atoms in total. The van der Waals surface area contributed by atoms with Crippen LogP contribution >= 0.6 is 23.5 Å². The Bertz CT molecular complexity index is 1300. The number of aliphatic hydroxyl groups excluding tert-OH is 3. The monoisotopic (exact) mass is 929 g/mol. The summed E-state index contributed by atoms with van der Waals surface area (Å²) in [5.74, 6) is -1.31. The summed E-state index contributed by atoms with van der Waals surface area (Å²) in [6.07, 6.45) is 6.80. The number of ether oxygens (including phenoxy) is 2. The van der Waals surface area contributed by atoms with E-state index in [4.69, 9.17) is 24.3 Å². The molecule has 1 aliphatic carbocycles. The molecule has 0 heterocycles. The molecule has 0 saturated heterocycles. The van der Waals surface area contributed by atoms with Crippen molar-refractivity contribution < 1.29 is 90.6 Å². The fraction of sp³-hybridized carbons (Fsp3) is 0.946. The highest BCUT2D eigenvalue weighted by Gasteiger charge is 2.56. The third kappa shape index (κ3) is 28.0. The van der Waals surface area contributed by atoms with Crippen LogP contribution in [-0.2, 0) is 50.9 Å². The maximum absolute atomic E-state index is 13.0. The summed E-state index contributed by atoms with van der Waals surface area (Å²) >= 11 is 0.